The van der Waals surface area contributed by atoms with Gasteiger partial charge in [0.05, 0.1) is 12.2 Å². The fourth-order valence-corrected chi connectivity index (χ4v) is 3.80. The summed E-state index contributed by atoms with van der Waals surface area (Å²) in [5.74, 6) is 2.07. The molecule has 0 bridgehead atoms. The van der Waals surface area contributed by atoms with Crippen LogP contribution in [0.2, 0.25) is 0 Å². The number of fused-ring (bicyclic) bond motifs is 2. The van der Waals surface area contributed by atoms with Gasteiger partial charge in [-0.15, -0.1) is 0 Å². The maximum Gasteiger partial charge on any atom is 0.270 e. The van der Waals surface area contributed by atoms with Crippen LogP contribution >= 0.6 is 0 Å². The summed E-state index contributed by atoms with van der Waals surface area (Å²) in [6.45, 7) is 1.32. The second kappa shape index (κ2) is 7.13. The molecule has 146 valence electrons. The number of oxazole rings is 1. The number of carbonyl (C=O) groups excluding carboxylic acids is 1. The van der Waals surface area contributed by atoms with E-state index < -0.39 is 0 Å². The lowest BCUT2D eigenvalue weighted by molar-refractivity contribution is 0.0709. The number of nitrogens with zero attached hydrogens (tertiary/aromatic N) is 3. The molecule has 29 heavy (non-hydrogen) atoms. The van der Waals surface area contributed by atoms with Crippen LogP contribution in [0.5, 0.6) is 5.75 Å². The van der Waals surface area contributed by atoms with Crippen LogP contribution in [0, 0.1) is 0 Å². The largest absolute Gasteiger partial charge is 0.484 e. The summed E-state index contributed by atoms with van der Waals surface area (Å²) in [7, 11) is 1.93. The topological polar surface area (TPSA) is 60.5 Å². The van der Waals surface area contributed by atoms with Crippen LogP contribution in [-0.2, 0) is 26.6 Å². The van der Waals surface area contributed by atoms with E-state index in [1.165, 1.54) is 0 Å². The van der Waals surface area contributed by atoms with Crippen molar-refractivity contribution >= 4 is 16.8 Å². The third kappa shape index (κ3) is 3.27. The van der Waals surface area contributed by atoms with Crippen LogP contribution in [0.4, 0.5) is 0 Å². The van der Waals surface area contributed by atoms with E-state index >= 15 is 0 Å². The Balaban J connectivity index is 1.32. The van der Waals surface area contributed by atoms with Gasteiger partial charge in [-0.25, -0.2) is 4.98 Å². The summed E-state index contributed by atoms with van der Waals surface area (Å²) in [6.07, 6.45) is 0.680. The Bertz CT molecular complexity index is 1180. The van der Waals surface area contributed by atoms with Crippen molar-refractivity contribution in [2.45, 2.75) is 19.6 Å². The van der Waals surface area contributed by atoms with Crippen LogP contribution < -0.4 is 4.74 Å². The van der Waals surface area contributed by atoms with Crippen molar-refractivity contribution in [1.82, 2.24) is 14.5 Å². The fraction of sp³-hybridized carbons (Fsp3) is 0.217. The van der Waals surface area contributed by atoms with Crippen LogP contribution in [0.3, 0.4) is 0 Å². The van der Waals surface area contributed by atoms with Gasteiger partial charge >= 0.3 is 0 Å². The lowest BCUT2D eigenvalue weighted by Crippen LogP contribution is -2.36. The van der Waals surface area contributed by atoms with Crippen molar-refractivity contribution in [3.8, 4) is 5.75 Å². The number of rotatable bonds is 4. The number of benzene rings is 2. The first-order valence-corrected chi connectivity index (χ1v) is 9.68. The maximum atomic E-state index is 13.1. The normalized spacial score (nSPS) is 13.5. The lowest BCUT2D eigenvalue weighted by atomic mass is 10.1. The second-order valence-electron chi connectivity index (χ2n) is 7.20. The molecule has 6 heteroatoms. The summed E-state index contributed by atoms with van der Waals surface area (Å²) in [5, 5.41) is 1.07. The van der Waals surface area contributed by atoms with E-state index in [2.05, 4.69) is 4.98 Å². The molecule has 1 amide bonds. The Hall–Kier alpha value is -3.54. The van der Waals surface area contributed by atoms with Crippen LogP contribution in [-0.4, -0.2) is 26.9 Å². The Morgan fingerprint density at radius 1 is 1.14 bits per heavy atom. The van der Waals surface area contributed by atoms with E-state index in [0.717, 1.165) is 28.1 Å². The molecule has 0 saturated carbocycles. The Morgan fingerprint density at radius 2 is 1.93 bits per heavy atom. The molecule has 0 N–H and O–H groups in total. The summed E-state index contributed by atoms with van der Waals surface area (Å²) in [6, 6.07) is 19.5. The summed E-state index contributed by atoms with van der Waals surface area (Å²) >= 11 is 0. The molecule has 0 atom stereocenters. The van der Waals surface area contributed by atoms with Gasteiger partial charge < -0.3 is 18.6 Å². The number of amides is 1. The van der Waals surface area contributed by atoms with Crippen molar-refractivity contribution in [2.75, 3.05) is 6.54 Å². The molecule has 6 nitrogen and oxygen atoms in total. The average molecular weight is 387 g/mol. The Labute approximate surface area is 168 Å². The van der Waals surface area contributed by atoms with Crippen molar-refractivity contribution in [3.63, 3.8) is 0 Å². The zero-order valence-electron chi connectivity index (χ0n) is 16.2. The molecule has 0 aliphatic carbocycles. The SMILES string of the molecule is Cn1c(C(=O)N2CCc3nc(COc4ccccc4)oc3C2)cc2ccccc21. The van der Waals surface area contributed by atoms with E-state index in [1.807, 2.05) is 77.2 Å². The summed E-state index contributed by atoms with van der Waals surface area (Å²) in [5.41, 5.74) is 2.65. The number of ether oxygens (including phenoxy) is 1. The lowest BCUT2D eigenvalue weighted by Gasteiger charge is -2.25. The first kappa shape index (κ1) is 17.6. The van der Waals surface area contributed by atoms with Crippen LogP contribution in [0.1, 0.15) is 27.8 Å². The molecule has 1 aliphatic heterocycles. The molecule has 5 rings (SSSR count). The van der Waals surface area contributed by atoms with Crippen molar-refractivity contribution in [3.05, 3.63) is 83.7 Å². The fourth-order valence-electron chi connectivity index (χ4n) is 3.80. The van der Waals surface area contributed by atoms with Gasteiger partial charge in [0.25, 0.3) is 5.91 Å². The van der Waals surface area contributed by atoms with Crippen LogP contribution in [0.15, 0.2) is 65.1 Å². The van der Waals surface area contributed by atoms with Gasteiger partial charge in [-0.3, -0.25) is 4.79 Å². The highest BCUT2D eigenvalue weighted by molar-refractivity contribution is 5.98. The van der Waals surface area contributed by atoms with E-state index in [9.17, 15) is 4.79 Å². The smallest absolute Gasteiger partial charge is 0.270 e. The van der Waals surface area contributed by atoms with Crippen molar-refractivity contribution in [2.24, 2.45) is 7.05 Å². The van der Waals surface area contributed by atoms with Crippen LogP contribution in [0.25, 0.3) is 10.9 Å². The number of carbonyl (C=O) groups is 1. The molecule has 2 aromatic heterocycles. The minimum Gasteiger partial charge on any atom is -0.484 e. The van der Waals surface area contributed by atoms with Crippen molar-refractivity contribution < 1.29 is 13.9 Å². The number of aryl methyl sites for hydroxylation is 1. The maximum absolute atomic E-state index is 13.1. The summed E-state index contributed by atoms with van der Waals surface area (Å²) in [4.78, 5) is 19.5. The minimum atomic E-state index is 0.00726. The summed E-state index contributed by atoms with van der Waals surface area (Å²) < 4.78 is 13.6. The number of aromatic nitrogens is 2. The molecule has 2 aromatic carbocycles. The Kier molecular flexibility index (Phi) is 4.31. The highest BCUT2D eigenvalue weighted by Crippen LogP contribution is 2.25. The zero-order valence-corrected chi connectivity index (χ0v) is 16.2. The van der Waals surface area contributed by atoms with Gasteiger partial charge in [-0.1, -0.05) is 36.4 Å². The number of para-hydroxylation sites is 2. The standard InChI is InChI=1S/C23H21N3O3/c1-25-19-10-6-5-7-16(19)13-20(25)23(27)26-12-11-18-21(14-26)29-22(24-18)15-28-17-8-3-2-4-9-17/h2-10,13H,11-12,14-15H2,1H3. The average Bonchev–Trinajstić information content (AvgIpc) is 3.33. The quantitative estimate of drug-likeness (QED) is 0.532. The molecule has 1 aliphatic rings. The molecular weight excluding hydrogens is 366 g/mol. The minimum absolute atomic E-state index is 0.00726. The molecule has 4 aromatic rings. The molecule has 3 heterocycles. The highest BCUT2D eigenvalue weighted by atomic mass is 16.5. The van der Waals surface area contributed by atoms with Gasteiger partial charge in [0.2, 0.25) is 5.89 Å². The molecule has 0 radical (unpaired) electrons. The number of hydrogen-bond acceptors (Lipinski definition) is 4. The van der Waals surface area contributed by atoms with Gasteiger partial charge in [0.15, 0.2) is 6.61 Å². The molecule has 0 unspecified atom stereocenters. The molecule has 0 spiro atoms. The monoisotopic (exact) mass is 387 g/mol. The van der Waals surface area contributed by atoms with E-state index in [1.54, 1.807) is 0 Å². The second-order valence-corrected chi connectivity index (χ2v) is 7.20. The molecule has 0 saturated heterocycles. The predicted molar refractivity (Wildman–Crippen MR) is 109 cm³/mol. The van der Waals surface area contributed by atoms with E-state index in [-0.39, 0.29) is 12.5 Å². The van der Waals surface area contributed by atoms with Gasteiger partial charge in [-0.2, -0.15) is 0 Å². The van der Waals surface area contributed by atoms with E-state index in [0.29, 0.717) is 31.1 Å². The predicted octanol–water partition coefficient (Wildman–Crippen LogP) is 3.94. The highest BCUT2D eigenvalue weighted by Gasteiger charge is 2.28. The first-order valence-electron chi connectivity index (χ1n) is 9.68. The number of hydrogen-bond donors (Lipinski definition) is 0. The van der Waals surface area contributed by atoms with E-state index in [4.69, 9.17) is 9.15 Å². The molecule has 0 fully saturated rings. The van der Waals surface area contributed by atoms with Gasteiger partial charge in [-0.05, 0) is 24.3 Å². The molecular formula is C23H21N3O3. The third-order valence-corrected chi connectivity index (χ3v) is 5.34. The zero-order chi connectivity index (χ0) is 19.8. The van der Waals surface area contributed by atoms with Gasteiger partial charge in [0, 0.05) is 30.9 Å². The first-order chi connectivity index (χ1) is 14.2. The van der Waals surface area contributed by atoms with Gasteiger partial charge in [0.1, 0.15) is 17.2 Å². The van der Waals surface area contributed by atoms with Crippen molar-refractivity contribution in [1.29, 1.82) is 0 Å². The third-order valence-electron chi connectivity index (χ3n) is 5.34. The Morgan fingerprint density at radius 3 is 2.76 bits per heavy atom.